The number of hydrogen-bond donors (Lipinski definition) is 1. The van der Waals surface area contributed by atoms with Gasteiger partial charge in [-0.1, -0.05) is 6.92 Å². The first-order valence-electron chi connectivity index (χ1n) is 9.70. The Labute approximate surface area is 171 Å². The second-order valence-electron chi connectivity index (χ2n) is 7.28. The summed E-state index contributed by atoms with van der Waals surface area (Å²) in [6.07, 6.45) is 2.20. The highest BCUT2D eigenvalue weighted by molar-refractivity contribution is 5.87. The van der Waals surface area contributed by atoms with E-state index in [1.807, 2.05) is 6.92 Å². The number of aryl methyl sites for hydroxylation is 1. The highest BCUT2D eigenvalue weighted by Crippen LogP contribution is 2.28. The van der Waals surface area contributed by atoms with E-state index in [1.54, 1.807) is 23.1 Å². The molecule has 1 aliphatic heterocycles. The van der Waals surface area contributed by atoms with Crippen LogP contribution in [0, 0.1) is 5.92 Å². The first-order chi connectivity index (χ1) is 14.4. The van der Waals surface area contributed by atoms with E-state index in [4.69, 9.17) is 13.6 Å². The van der Waals surface area contributed by atoms with Gasteiger partial charge in [0.25, 0.3) is 0 Å². The predicted octanol–water partition coefficient (Wildman–Crippen LogP) is 2.75. The maximum absolute atomic E-state index is 12.5. The van der Waals surface area contributed by atoms with E-state index in [1.165, 1.54) is 18.4 Å². The molecule has 156 valence electrons. The number of esters is 1. The van der Waals surface area contributed by atoms with Crippen molar-refractivity contribution >= 4 is 22.8 Å². The Kier molecular flexibility index (Phi) is 5.31. The fourth-order valence-corrected chi connectivity index (χ4v) is 3.65. The number of rotatable bonds is 6. The van der Waals surface area contributed by atoms with Crippen molar-refractivity contribution in [3.05, 3.63) is 63.9 Å². The van der Waals surface area contributed by atoms with Crippen LogP contribution in [0.25, 0.3) is 11.0 Å². The molecule has 0 bridgehead atoms. The topological polar surface area (TPSA) is 110 Å². The molecule has 2 aromatic heterocycles. The maximum atomic E-state index is 12.5. The lowest BCUT2D eigenvalue weighted by Crippen LogP contribution is -2.26. The number of furan rings is 1. The Bertz CT molecular complexity index is 1150. The van der Waals surface area contributed by atoms with Crippen molar-refractivity contribution in [3.63, 3.8) is 0 Å². The van der Waals surface area contributed by atoms with Crippen LogP contribution in [0.5, 0.6) is 5.75 Å². The van der Waals surface area contributed by atoms with E-state index >= 15 is 0 Å². The number of carbonyl (C=O) groups is 2. The molecule has 3 heterocycles. The Morgan fingerprint density at radius 3 is 2.83 bits per heavy atom. The third-order valence-electron chi connectivity index (χ3n) is 5.25. The molecule has 1 aliphatic rings. The standard InChI is InChI=1S/C22H21NO7/c1-2-13-6-17-15(8-21(26)30-19(17)9-18(13)24)12-29-22(27)14-7-20(25)23(10-14)11-16-4-3-5-28-16/h3-6,8-9,14,24H,2,7,10-12H2,1H3/t14-/m0/s1. The van der Waals surface area contributed by atoms with Crippen molar-refractivity contribution in [2.24, 2.45) is 5.92 Å². The monoisotopic (exact) mass is 411 g/mol. The zero-order chi connectivity index (χ0) is 21.3. The van der Waals surface area contributed by atoms with Crippen molar-refractivity contribution in [2.45, 2.75) is 32.9 Å². The van der Waals surface area contributed by atoms with Gasteiger partial charge in [0.2, 0.25) is 5.91 Å². The molecule has 30 heavy (non-hydrogen) atoms. The second-order valence-corrected chi connectivity index (χ2v) is 7.28. The lowest BCUT2D eigenvalue weighted by molar-refractivity contribution is -0.149. The Hall–Kier alpha value is -3.55. The summed E-state index contributed by atoms with van der Waals surface area (Å²) in [6, 6.07) is 7.90. The molecule has 8 heteroatoms. The van der Waals surface area contributed by atoms with Crippen LogP contribution in [-0.4, -0.2) is 28.4 Å². The van der Waals surface area contributed by atoms with E-state index in [0.717, 1.165) is 0 Å². The number of likely N-dealkylation sites (tertiary alicyclic amines) is 1. The summed E-state index contributed by atoms with van der Waals surface area (Å²) in [5.74, 6) is -0.518. The number of phenolic OH excluding ortho intramolecular Hbond substituents is 1. The predicted molar refractivity (Wildman–Crippen MR) is 106 cm³/mol. The molecule has 4 rings (SSSR count). The number of fused-ring (bicyclic) bond motifs is 1. The zero-order valence-corrected chi connectivity index (χ0v) is 16.4. The number of nitrogens with zero attached hydrogens (tertiary/aromatic N) is 1. The van der Waals surface area contributed by atoms with Crippen molar-refractivity contribution in [1.82, 2.24) is 4.90 Å². The number of amides is 1. The molecule has 1 aromatic carbocycles. The van der Waals surface area contributed by atoms with Crippen LogP contribution in [0.4, 0.5) is 0 Å². The maximum Gasteiger partial charge on any atom is 0.336 e. The van der Waals surface area contributed by atoms with E-state index in [0.29, 0.717) is 35.2 Å². The summed E-state index contributed by atoms with van der Waals surface area (Å²) < 4.78 is 15.8. The fourth-order valence-electron chi connectivity index (χ4n) is 3.65. The summed E-state index contributed by atoms with van der Waals surface area (Å²) in [6.45, 7) is 2.33. The van der Waals surface area contributed by atoms with E-state index < -0.39 is 17.5 Å². The quantitative estimate of drug-likeness (QED) is 0.490. The van der Waals surface area contributed by atoms with Crippen molar-refractivity contribution in [2.75, 3.05) is 6.54 Å². The van der Waals surface area contributed by atoms with Crippen molar-refractivity contribution < 1.29 is 28.3 Å². The number of phenols is 1. The van der Waals surface area contributed by atoms with Crippen LogP contribution in [0.3, 0.4) is 0 Å². The highest BCUT2D eigenvalue weighted by Gasteiger charge is 2.35. The normalized spacial score (nSPS) is 16.4. The van der Waals surface area contributed by atoms with E-state index in [9.17, 15) is 19.5 Å². The minimum atomic E-state index is -0.599. The SMILES string of the molecule is CCc1cc2c(COC(=O)[C@H]3CC(=O)N(Cc4ccco4)C3)cc(=O)oc2cc1O. The average molecular weight is 411 g/mol. The largest absolute Gasteiger partial charge is 0.508 e. The summed E-state index contributed by atoms with van der Waals surface area (Å²) in [7, 11) is 0. The van der Waals surface area contributed by atoms with Gasteiger partial charge in [-0.15, -0.1) is 0 Å². The number of ether oxygens (including phenoxy) is 1. The molecule has 1 atom stereocenters. The third-order valence-corrected chi connectivity index (χ3v) is 5.25. The lowest BCUT2D eigenvalue weighted by atomic mass is 10.0. The van der Waals surface area contributed by atoms with Gasteiger partial charge >= 0.3 is 11.6 Å². The summed E-state index contributed by atoms with van der Waals surface area (Å²) in [4.78, 5) is 38.2. The summed E-state index contributed by atoms with van der Waals surface area (Å²) in [5, 5.41) is 10.6. The van der Waals surface area contributed by atoms with Crippen LogP contribution in [0.15, 0.2) is 50.2 Å². The van der Waals surface area contributed by atoms with Gasteiger partial charge in [0, 0.05) is 36.0 Å². The molecular formula is C22H21NO7. The van der Waals surface area contributed by atoms with E-state index in [-0.39, 0.29) is 36.8 Å². The Morgan fingerprint density at radius 1 is 1.27 bits per heavy atom. The molecule has 1 N–H and O–H groups in total. The molecular weight excluding hydrogens is 390 g/mol. The van der Waals surface area contributed by atoms with Crippen molar-refractivity contribution in [1.29, 1.82) is 0 Å². The van der Waals surface area contributed by atoms with Gasteiger partial charge in [0.15, 0.2) is 0 Å². The first-order valence-corrected chi connectivity index (χ1v) is 9.70. The number of carbonyl (C=O) groups excluding carboxylic acids is 2. The Morgan fingerprint density at radius 2 is 2.10 bits per heavy atom. The van der Waals surface area contributed by atoms with Crippen molar-refractivity contribution in [3.8, 4) is 5.75 Å². The molecule has 0 unspecified atom stereocenters. The molecule has 1 fully saturated rings. The summed E-state index contributed by atoms with van der Waals surface area (Å²) >= 11 is 0. The third kappa shape index (κ3) is 3.94. The fraction of sp³-hybridized carbons (Fsp3) is 0.318. The average Bonchev–Trinajstić information content (AvgIpc) is 3.35. The van der Waals surface area contributed by atoms with Crippen LogP contribution in [0.1, 0.15) is 30.2 Å². The second kappa shape index (κ2) is 8.06. The summed E-state index contributed by atoms with van der Waals surface area (Å²) in [5.41, 5.74) is 0.807. The molecule has 1 amide bonds. The number of hydrogen-bond acceptors (Lipinski definition) is 7. The molecule has 0 saturated carbocycles. The number of aromatic hydroxyl groups is 1. The van der Waals surface area contributed by atoms with Gasteiger partial charge in [0.05, 0.1) is 18.7 Å². The van der Waals surface area contributed by atoms with Crippen LogP contribution in [-0.2, 0) is 33.9 Å². The smallest absolute Gasteiger partial charge is 0.336 e. The molecule has 0 aliphatic carbocycles. The minimum Gasteiger partial charge on any atom is -0.508 e. The van der Waals surface area contributed by atoms with Crippen LogP contribution < -0.4 is 5.63 Å². The van der Waals surface area contributed by atoms with E-state index in [2.05, 4.69) is 0 Å². The Balaban J connectivity index is 1.47. The molecule has 8 nitrogen and oxygen atoms in total. The molecule has 1 saturated heterocycles. The zero-order valence-electron chi connectivity index (χ0n) is 16.4. The first kappa shape index (κ1) is 19.8. The highest BCUT2D eigenvalue weighted by atomic mass is 16.5. The van der Waals surface area contributed by atoms with Gasteiger partial charge in [-0.25, -0.2) is 4.79 Å². The van der Waals surface area contributed by atoms with Crippen LogP contribution >= 0.6 is 0 Å². The molecule has 0 spiro atoms. The minimum absolute atomic E-state index is 0.0448. The van der Waals surface area contributed by atoms with Gasteiger partial charge in [0.1, 0.15) is 23.7 Å². The van der Waals surface area contributed by atoms with Gasteiger partial charge in [-0.05, 0) is 30.2 Å². The van der Waals surface area contributed by atoms with Gasteiger partial charge in [-0.2, -0.15) is 0 Å². The molecule has 0 radical (unpaired) electrons. The number of benzene rings is 1. The van der Waals surface area contributed by atoms with Gasteiger partial charge in [-0.3, -0.25) is 9.59 Å². The molecule has 3 aromatic rings. The van der Waals surface area contributed by atoms with Gasteiger partial charge < -0.3 is 23.6 Å². The van der Waals surface area contributed by atoms with Crippen LogP contribution in [0.2, 0.25) is 0 Å². The lowest BCUT2D eigenvalue weighted by Gasteiger charge is -2.15.